The van der Waals surface area contributed by atoms with E-state index in [1.807, 2.05) is 0 Å². The molecule has 1 heterocycles. The molecule has 0 fully saturated rings. The topological polar surface area (TPSA) is 73.3 Å². The van der Waals surface area contributed by atoms with Gasteiger partial charge < -0.3 is 14.8 Å². The second-order valence-corrected chi connectivity index (χ2v) is 5.82. The maximum Gasteiger partial charge on any atom is 0.387 e. The van der Waals surface area contributed by atoms with Crippen molar-refractivity contribution in [1.29, 1.82) is 0 Å². The van der Waals surface area contributed by atoms with Crippen LogP contribution in [0, 0.1) is 6.92 Å². The highest BCUT2D eigenvalue weighted by Crippen LogP contribution is 2.34. The summed E-state index contributed by atoms with van der Waals surface area (Å²) in [6.45, 7) is -1.21. The van der Waals surface area contributed by atoms with Crippen molar-refractivity contribution in [3.63, 3.8) is 0 Å². The molecule has 2 aromatic carbocycles. The number of carbonyl (C=O) groups excluding carboxylic acids is 1. The molecule has 3 aromatic rings. The van der Waals surface area contributed by atoms with Gasteiger partial charge in [-0.25, -0.2) is 4.98 Å². The van der Waals surface area contributed by atoms with E-state index in [4.69, 9.17) is 4.74 Å². The minimum Gasteiger partial charge on any atom is -0.497 e. The number of nitrogens with zero attached hydrogens (tertiary/aromatic N) is 2. The van der Waals surface area contributed by atoms with E-state index in [-0.39, 0.29) is 11.4 Å². The van der Waals surface area contributed by atoms with E-state index in [2.05, 4.69) is 20.0 Å². The first-order chi connectivity index (χ1) is 13.5. The lowest BCUT2D eigenvalue weighted by atomic mass is 10.0. The van der Waals surface area contributed by atoms with Crippen molar-refractivity contribution in [1.82, 2.24) is 9.97 Å². The van der Waals surface area contributed by atoms with Crippen LogP contribution in [0.25, 0.3) is 11.1 Å². The molecule has 0 saturated heterocycles. The van der Waals surface area contributed by atoms with E-state index in [1.54, 1.807) is 37.3 Å². The number of carbonyl (C=O) groups is 1. The summed E-state index contributed by atoms with van der Waals surface area (Å²) >= 11 is 0. The molecular formula is C20H17F2N3O3. The second-order valence-electron chi connectivity index (χ2n) is 5.82. The number of amides is 1. The lowest BCUT2D eigenvalue weighted by molar-refractivity contribution is -0.0494. The predicted molar refractivity (Wildman–Crippen MR) is 99.8 cm³/mol. The van der Waals surface area contributed by atoms with Gasteiger partial charge in [-0.2, -0.15) is 8.78 Å². The Bertz CT molecular complexity index is 961. The summed E-state index contributed by atoms with van der Waals surface area (Å²) in [4.78, 5) is 20.4. The third-order valence-corrected chi connectivity index (χ3v) is 3.87. The Morgan fingerprint density at radius 3 is 2.43 bits per heavy atom. The molecule has 0 unspecified atom stereocenters. The van der Waals surface area contributed by atoms with E-state index in [1.165, 1.54) is 31.6 Å². The number of anilines is 1. The van der Waals surface area contributed by atoms with E-state index in [9.17, 15) is 13.6 Å². The van der Waals surface area contributed by atoms with E-state index in [0.717, 1.165) is 0 Å². The highest BCUT2D eigenvalue weighted by Gasteiger charge is 2.14. The predicted octanol–water partition coefficient (Wildman–Crippen LogP) is 4.31. The van der Waals surface area contributed by atoms with Gasteiger partial charge in [-0.05, 0) is 42.8 Å². The number of aryl methyl sites for hydroxylation is 1. The number of aromatic nitrogens is 2. The average Bonchev–Trinajstić information content (AvgIpc) is 2.69. The van der Waals surface area contributed by atoms with Gasteiger partial charge in [0.1, 0.15) is 17.2 Å². The van der Waals surface area contributed by atoms with Gasteiger partial charge in [-0.1, -0.05) is 12.1 Å². The molecule has 1 N–H and O–H groups in total. The van der Waals surface area contributed by atoms with Crippen molar-refractivity contribution in [3.05, 3.63) is 66.2 Å². The van der Waals surface area contributed by atoms with Crippen LogP contribution in [-0.4, -0.2) is 29.6 Å². The summed E-state index contributed by atoms with van der Waals surface area (Å²) in [6.07, 6.45) is 2.85. The number of alkyl halides is 2. The van der Waals surface area contributed by atoms with Crippen LogP contribution < -0.4 is 14.8 Å². The standard InChI is InChI=1S/C20H17F2N3O3/c1-12-10-24-17(11-23-12)19(26)25-14-5-8-18(28-20(21)22)16(9-14)13-3-6-15(27-2)7-4-13/h3-11,20H,1-2H3,(H,25,26). The molecule has 8 heteroatoms. The van der Waals surface area contributed by atoms with Crippen LogP contribution in [0.3, 0.4) is 0 Å². The molecule has 1 amide bonds. The first-order valence-corrected chi connectivity index (χ1v) is 8.29. The molecule has 0 aliphatic rings. The molecule has 0 bridgehead atoms. The molecular weight excluding hydrogens is 368 g/mol. The zero-order valence-electron chi connectivity index (χ0n) is 15.1. The van der Waals surface area contributed by atoms with Gasteiger partial charge in [-0.3, -0.25) is 9.78 Å². The molecule has 0 saturated carbocycles. The molecule has 0 radical (unpaired) electrons. The number of halogens is 2. The highest BCUT2D eigenvalue weighted by atomic mass is 19.3. The van der Waals surface area contributed by atoms with E-state index < -0.39 is 12.5 Å². The Hall–Kier alpha value is -3.55. The Balaban J connectivity index is 1.92. The quantitative estimate of drug-likeness (QED) is 0.684. The zero-order valence-corrected chi connectivity index (χ0v) is 15.1. The van der Waals surface area contributed by atoms with Gasteiger partial charge in [0.15, 0.2) is 0 Å². The maximum atomic E-state index is 12.8. The smallest absolute Gasteiger partial charge is 0.387 e. The van der Waals surface area contributed by atoms with Gasteiger partial charge in [0, 0.05) is 17.4 Å². The number of hydrogen-bond acceptors (Lipinski definition) is 5. The lowest BCUT2D eigenvalue weighted by Crippen LogP contribution is -2.14. The van der Waals surface area contributed by atoms with Gasteiger partial charge >= 0.3 is 6.61 Å². The van der Waals surface area contributed by atoms with Crippen molar-refractivity contribution in [3.8, 4) is 22.6 Å². The summed E-state index contributed by atoms with van der Waals surface area (Å²) in [6, 6.07) is 11.2. The minimum absolute atomic E-state index is 0.00621. The van der Waals surface area contributed by atoms with Crippen LogP contribution in [-0.2, 0) is 0 Å². The first kappa shape index (κ1) is 19.2. The molecule has 0 aliphatic heterocycles. The SMILES string of the molecule is COc1ccc(-c2cc(NC(=O)c3cnc(C)cn3)ccc2OC(F)F)cc1. The second kappa shape index (κ2) is 8.43. The van der Waals surface area contributed by atoms with E-state index >= 15 is 0 Å². The average molecular weight is 385 g/mol. The van der Waals surface area contributed by atoms with Gasteiger partial charge in [-0.15, -0.1) is 0 Å². The summed E-state index contributed by atoms with van der Waals surface area (Å²) in [5.74, 6) is 0.159. The van der Waals surface area contributed by atoms with Crippen molar-refractivity contribution >= 4 is 11.6 Å². The fourth-order valence-electron chi connectivity index (χ4n) is 2.51. The molecule has 0 spiro atoms. The Kier molecular flexibility index (Phi) is 5.78. The number of ether oxygens (including phenoxy) is 2. The van der Waals surface area contributed by atoms with Crippen molar-refractivity contribution in [2.45, 2.75) is 13.5 Å². The fourth-order valence-corrected chi connectivity index (χ4v) is 2.51. The highest BCUT2D eigenvalue weighted by molar-refractivity contribution is 6.03. The number of rotatable bonds is 6. The summed E-state index contributed by atoms with van der Waals surface area (Å²) in [5.41, 5.74) is 2.26. The van der Waals surface area contributed by atoms with Gasteiger partial charge in [0.25, 0.3) is 5.91 Å². The molecule has 28 heavy (non-hydrogen) atoms. The molecule has 144 valence electrons. The Morgan fingerprint density at radius 2 is 1.82 bits per heavy atom. The summed E-state index contributed by atoms with van der Waals surface area (Å²) < 4.78 is 35.3. The lowest BCUT2D eigenvalue weighted by Gasteiger charge is -2.14. The fraction of sp³-hybridized carbons (Fsp3) is 0.150. The van der Waals surface area contributed by atoms with Crippen LogP contribution in [0.15, 0.2) is 54.9 Å². The van der Waals surface area contributed by atoms with Crippen LogP contribution in [0.1, 0.15) is 16.2 Å². The normalized spacial score (nSPS) is 10.6. The molecule has 3 rings (SSSR count). The maximum absolute atomic E-state index is 12.8. The molecule has 0 aliphatic carbocycles. The molecule has 0 atom stereocenters. The van der Waals surface area contributed by atoms with Crippen LogP contribution in [0.4, 0.5) is 14.5 Å². The van der Waals surface area contributed by atoms with Gasteiger partial charge in [0.2, 0.25) is 0 Å². The van der Waals surface area contributed by atoms with Crippen LogP contribution in [0.2, 0.25) is 0 Å². The van der Waals surface area contributed by atoms with Crippen LogP contribution in [0.5, 0.6) is 11.5 Å². The Labute approximate surface area is 160 Å². The first-order valence-electron chi connectivity index (χ1n) is 8.29. The number of methoxy groups -OCH3 is 1. The van der Waals surface area contributed by atoms with E-state index in [0.29, 0.717) is 28.3 Å². The third kappa shape index (κ3) is 4.59. The Morgan fingerprint density at radius 1 is 1.07 bits per heavy atom. The van der Waals surface area contributed by atoms with Gasteiger partial charge in [0.05, 0.1) is 19.0 Å². The largest absolute Gasteiger partial charge is 0.497 e. The van der Waals surface area contributed by atoms with Crippen molar-refractivity contribution in [2.24, 2.45) is 0 Å². The van der Waals surface area contributed by atoms with Crippen LogP contribution >= 0.6 is 0 Å². The number of hydrogen-bond donors (Lipinski definition) is 1. The molecule has 6 nitrogen and oxygen atoms in total. The van der Waals surface area contributed by atoms with Crippen molar-refractivity contribution in [2.75, 3.05) is 12.4 Å². The molecule has 1 aromatic heterocycles. The summed E-state index contributed by atoms with van der Waals surface area (Å²) in [7, 11) is 1.53. The summed E-state index contributed by atoms with van der Waals surface area (Å²) in [5, 5.41) is 2.68. The zero-order chi connectivity index (χ0) is 20.1. The number of nitrogens with one attached hydrogen (secondary N) is 1. The van der Waals surface area contributed by atoms with Crippen molar-refractivity contribution < 1.29 is 23.0 Å². The monoisotopic (exact) mass is 385 g/mol. The third-order valence-electron chi connectivity index (χ3n) is 3.87. The minimum atomic E-state index is -2.97. The number of benzene rings is 2.